The summed E-state index contributed by atoms with van der Waals surface area (Å²) in [6.07, 6.45) is -25.6. The fourth-order valence-electron chi connectivity index (χ4n) is 4.04. The van der Waals surface area contributed by atoms with Crippen LogP contribution in [0.15, 0.2) is 0 Å². The Hall–Kier alpha value is -0.640. The molecule has 0 radical (unpaired) electrons. The van der Waals surface area contributed by atoms with Gasteiger partial charge >= 0.3 is 0 Å². The maximum Gasteiger partial charge on any atom is 0.187 e. The van der Waals surface area contributed by atoms with Crippen LogP contribution in [-0.4, -0.2) is 168 Å². The van der Waals surface area contributed by atoms with Gasteiger partial charge in [0.2, 0.25) is 0 Å². The highest BCUT2D eigenvalue weighted by Crippen LogP contribution is 2.32. The molecule has 0 spiro atoms. The van der Waals surface area contributed by atoms with E-state index >= 15 is 0 Å². The second kappa shape index (κ2) is 11.6. The van der Waals surface area contributed by atoms with Gasteiger partial charge in [0.1, 0.15) is 73.2 Å². The summed E-state index contributed by atoms with van der Waals surface area (Å²) in [5.41, 5.74) is 0. The molecule has 16 heteroatoms. The van der Waals surface area contributed by atoms with E-state index in [4.69, 9.17) is 23.7 Å². The van der Waals surface area contributed by atoms with Crippen molar-refractivity contribution in [2.75, 3.05) is 19.8 Å². The Morgan fingerprint density at radius 2 is 0.912 bits per heavy atom. The minimum Gasteiger partial charge on any atom is -0.394 e. The lowest BCUT2D eigenvalue weighted by molar-refractivity contribution is -0.387. The molecule has 3 rings (SSSR count). The molecule has 0 aromatic carbocycles. The molecule has 3 unspecified atom stereocenters. The van der Waals surface area contributed by atoms with E-state index in [9.17, 15) is 56.2 Å². The van der Waals surface area contributed by atoms with Crippen LogP contribution in [-0.2, 0) is 23.7 Å². The largest absolute Gasteiger partial charge is 0.394 e. The average Bonchev–Trinajstić information content (AvgIpc) is 2.83. The van der Waals surface area contributed by atoms with Crippen molar-refractivity contribution < 1.29 is 79.9 Å². The minimum absolute atomic E-state index is 0.770. The summed E-state index contributed by atoms with van der Waals surface area (Å²) in [4.78, 5) is 0. The third-order valence-electron chi connectivity index (χ3n) is 6.09. The summed E-state index contributed by atoms with van der Waals surface area (Å²) >= 11 is 0. The third kappa shape index (κ3) is 5.37. The minimum atomic E-state index is -1.89. The SMILES string of the molecule is OC[C@H]1OC(O[C@H]2C(O[C@@H]3[C@H](O)[C@@H](O)C(O)O[C@@H]3CO)O[C@H](CO)[C@H](O)[C@@H]2O)[C@H](O)[C@@H](O)[C@H]1O. The van der Waals surface area contributed by atoms with E-state index in [1.54, 1.807) is 0 Å². The van der Waals surface area contributed by atoms with Crippen LogP contribution in [0.2, 0.25) is 0 Å². The van der Waals surface area contributed by atoms with E-state index in [2.05, 4.69) is 0 Å². The average molecular weight is 504 g/mol. The van der Waals surface area contributed by atoms with Crippen molar-refractivity contribution in [3.05, 3.63) is 0 Å². The Morgan fingerprint density at radius 1 is 0.441 bits per heavy atom. The van der Waals surface area contributed by atoms with E-state index in [1.807, 2.05) is 0 Å². The number of hydrogen-bond donors (Lipinski definition) is 11. The van der Waals surface area contributed by atoms with Gasteiger partial charge in [-0.2, -0.15) is 0 Å². The van der Waals surface area contributed by atoms with Crippen LogP contribution in [0.25, 0.3) is 0 Å². The maximum absolute atomic E-state index is 10.6. The summed E-state index contributed by atoms with van der Waals surface area (Å²) in [7, 11) is 0. The Balaban J connectivity index is 1.84. The Kier molecular flexibility index (Phi) is 9.54. The van der Waals surface area contributed by atoms with Gasteiger partial charge < -0.3 is 79.9 Å². The summed E-state index contributed by atoms with van der Waals surface area (Å²) in [6.45, 7) is -2.35. The first kappa shape index (κ1) is 27.9. The second-order valence-electron chi connectivity index (χ2n) is 8.33. The van der Waals surface area contributed by atoms with Gasteiger partial charge in [0.15, 0.2) is 18.9 Å². The molecule has 3 fully saturated rings. The number of rotatable bonds is 7. The number of aliphatic hydroxyl groups is 11. The normalized spacial score (nSPS) is 52.5. The van der Waals surface area contributed by atoms with Crippen LogP contribution in [0.1, 0.15) is 0 Å². The Labute approximate surface area is 192 Å². The predicted octanol–water partition coefficient (Wildman–Crippen LogP) is -7.57. The van der Waals surface area contributed by atoms with E-state index in [-0.39, 0.29) is 0 Å². The molecule has 3 aliphatic heterocycles. The summed E-state index contributed by atoms with van der Waals surface area (Å²) in [5.74, 6) is 0. The van der Waals surface area contributed by atoms with Gasteiger partial charge in [-0.1, -0.05) is 0 Å². The molecule has 15 atom stereocenters. The van der Waals surface area contributed by atoms with Crippen LogP contribution in [0, 0.1) is 0 Å². The lowest BCUT2D eigenvalue weighted by Crippen LogP contribution is -2.66. The molecule has 0 bridgehead atoms. The van der Waals surface area contributed by atoms with Crippen LogP contribution in [0.4, 0.5) is 0 Å². The van der Waals surface area contributed by atoms with E-state index in [0.717, 1.165) is 0 Å². The summed E-state index contributed by atoms with van der Waals surface area (Å²) in [5, 5.41) is 109. The first-order valence-electron chi connectivity index (χ1n) is 10.6. The van der Waals surface area contributed by atoms with Crippen molar-refractivity contribution >= 4 is 0 Å². The van der Waals surface area contributed by atoms with E-state index < -0.39 is 112 Å². The van der Waals surface area contributed by atoms with Gasteiger partial charge in [0.25, 0.3) is 0 Å². The lowest BCUT2D eigenvalue weighted by atomic mass is 9.96. The molecule has 3 saturated heterocycles. The van der Waals surface area contributed by atoms with Gasteiger partial charge in [0, 0.05) is 0 Å². The van der Waals surface area contributed by atoms with Gasteiger partial charge in [-0.3, -0.25) is 0 Å². The van der Waals surface area contributed by atoms with Crippen molar-refractivity contribution in [2.45, 2.75) is 92.1 Å². The van der Waals surface area contributed by atoms with Crippen LogP contribution in [0.3, 0.4) is 0 Å². The molecule has 0 aromatic rings. The monoisotopic (exact) mass is 504 g/mol. The molecule has 0 saturated carbocycles. The van der Waals surface area contributed by atoms with Crippen molar-refractivity contribution in [1.82, 2.24) is 0 Å². The predicted molar refractivity (Wildman–Crippen MR) is 101 cm³/mol. The molecule has 0 aliphatic carbocycles. The Bertz CT molecular complexity index is 637. The molecule has 3 heterocycles. The van der Waals surface area contributed by atoms with Crippen LogP contribution >= 0.6 is 0 Å². The molecular weight excluding hydrogens is 472 g/mol. The van der Waals surface area contributed by atoms with E-state index in [0.29, 0.717) is 0 Å². The Morgan fingerprint density at radius 3 is 1.47 bits per heavy atom. The zero-order valence-electron chi connectivity index (χ0n) is 17.7. The number of hydrogen-bond acceptors (Lipinski definition) is 16. The van der Waals surface area contributed by atoms with Crippen LogP contribution < -0.4 is 0 Å². The molecular formula is C18H32O16. The molecule has 3 aliphatic rings. The number of ether oxygens (including phenoxy) is 5. The second-order valence-corrected chi connectivity index (χ2v) is 8.33. The molecule has 200 valence electrons. The highest BCUT2D eigenvalue weighted by atomic mass is 16.8. The van der Waals surface area contributed by atoms with Crippen molar-refractivity contribution in [1.29, 1.82) is 0 Å². The molecule has 0 amide bonds. The molecule has 34 heavy (non-hydrogen) atoms. The zero-order valence-corrected chi connectivity index (χ0v) is 17.7. The molecule has 11 N–H and O–H groups in total. The fourth-order valence-corrected chi connectivity index (χ4v) is 4.04. The summed E-state index contributed by atoms with van der Waals surface area (Å²) < 4.78 is 26.7. The number of aliphatic hydroxyl groups excluding tert-OH is 11. The van der Waals surface area contributed by atoms with Crippen molar-refractivity contribution in [2.24, 2.45) is 0 Å². The first-order chi connectivity index (χ1) is 16.0. The smallest absolute Gasteiger partial charge is 0.187 e. The van der Waals surface area contributed by atoms with Gasteiger partial charge in [-0.05, 0) is 0 Å². The lowest BCUT2D eigenvalue weighted by Gasteiger charge is -2.48. The fraction of sp³-hybridized carbons (Fsp3) is 1.00. The topological polar surface area (TPSA) is 269 Å². The highest BCUT2D eigenvalue weighted by Gasteiger charge is 2.53. The first-order valence-corrected chi connectivity index (χ1v) is 10.6. The van der Waals surface area contributed by atoms with Crippen LogP contribution in [0.5, 0.6) is 0 Å². The quantitative estimate of drug-likeness (QED) is 0.154. The van der Waals surface area contributed by atoms with Crippen molar-refractivity contribution in [3.63, 3.8) is 0 Å². The van der Waals surface area contributed by atoms with Crippen molar-refractivity contribution in [3.8, 4) is 0 Å². The third-order valence-corrected chi connectivity index (χ3v) is 6.09. The summed E-state index contributed by atoms with van der Waals surface area (Å²) in [6, 6.07) is 0. The van der Waals surface area contributed by atoms with E-state index in [1.165, 1.54) is 0 Å². The standard InChI is InChI=1S/C18H32O16/c19-1-4-7(22)9(24)13(28)17(31-4)34-15-10(25)8(23)5(2-20)32-18(15)33-14-6(3-21)30-16(29)12(27)11(14)26/h4-29H,1-3H2/t4-,5-,6-,7+,8+,9+,10+,11-,12-,13-,14+,15-,16?,17?,18?/m1/s1. The molecule has 16 nitrogen and oxygen atoms in total. The van der Waals surface area contributed by atoms with Gasteiger partial charge in [-0.15, -0.1) is 0 Å². The zero-order chi connectivity index (χ0) is 25.3. The van der Waals surface area contributed by atoms with Gasteiger partial charge in [-0.25, -0.2) is 0 Å². The highest BCUT2D eigenvalue weighted by molar-refractivity contribution is 4.96. The van der Waals surface area contributed by atoms with Gasteiger partial charge in [0.05, 0.1) is 19.8 Å². The maximum atomic E-state index is 10.6. The molecule has 0 aromatic heterocycles.